The maximum atomic E-state index is 8.61. The van der Waals surface area contributed by atoms with Crippen LogP contribution >= 0.6 is 0 Å². The van der Waals surface area contributed by atoms with Gasteiger partial charge in [0.25, 0.3) is 0 Å². The molecule has 5 heteroatoms. The third-order valence-electron chi connectivity index (χ3n) is 3.02. The van der Waals surface area contributed by atoms with E-state index in [1.54, 1.807) is 6.33 Å². The van der Waals surface area contributed by atoms with Crippen molar-refractivity contribution >= 4 is 11.6 Å². The average Bonchev–Trinajstić information content (AvgIpc) is 2.42. The molecule has 0 amide bonds. The standard InChI is InChI=1S/C14H23N5/c1-12(2)6-9-19(4)14-10-13(16-11-17-14)18(3)8-5-7-15/h10-12H,5-6,8-9H2,1-4H3. The predicted molar refractivity (Wildman–Crippen MR) is 78.3 cm³/mol. The van der Waals surface area contributed by atoms with Gasteiger partial charge in [0, 0.05) is 33.3 Å². The lowest BCUT2D eigenvalue weighted by Crippen LogP contribution is -2.23. The number of nitriles is 1. The van der Waals surface area contributed by atoms with Gasteiger partial charge in [0.1, 0.15) is 18.0 Å². The summed E-state index contributed by atoms with van der Waals surface area (Å²) in [5, 5.41) is 8.61. The summed E-state index contributed by atoms with van der Waals surface area (Å²) in [5.41, 5.74) is 0. The Kier molecular flexibility index (Phi) is 6.07. The van der Waals surface area contributed by atoms with Gasteiger partial charge in [-0.1, -0.05) is 13.8 Å². The zero-order chi connectivity index (χ0) is 14.3. The Labute approximate surface area is 115 Å². The molecule has 0 atom stereocenters. The zero-order valence-corrected chi connectivity index (χ0v) is 12.3. The van der Waals surface area contributed by atoms with E-state index in [4.69, 9.17) is 5.26 Å². The molecule has 0 aromatic carbocycles. The molecule has 0 aliphatic heterocycles. The van der Waals surface area contributed by atoms with E-state index in [-0.39, 0.29) is 0 Å². The van der Waals surface area contributed by atoms with Gasteiger partial charge >= 0.3 is 0 Å². The van der Waals surface area contributed by atoms with Crippen molar-refractivity contribution in [3.63, 3.8) is 0 Å². The van der Waals surface area contributed by atoms with Crippen LogP contribution in [0.5, 0.6) is 0 Å². The Bertz CT molecular complexity index is 424. The molecular formula is C14H23N5. The largest absolute Gasteiger partial charge is 0.360 e. The molecule has 0 bridgehead atoms. The fourth-order valence-electron chi connectivity index (χ4n) is 1.65. The number of rotatable bonds is 7. The number of nitrogens with zero attached hydrogens (tertiary/aromatic N) is 5. The molecule has 19 heavy (non-hydrogen) atoms. The summed E-state index contributed by atoms with van der Waals surface area (Å²) in [4.78, 5) is 12.7. The smallest absolute Gasteiger partial charge is 0.133 e. The minimum absolute atomic E-state index is 0.499. The van der Waals surface area contributed by atoms with E-state index in [1.807, 2.05) is 25.1 Å². The molecular weight excluding hydrogens is 238 g/mol. The van der Waals surface area contributed by atoms with Gasteiger partial charge in [-0.15, -0.1) is 0 Å². The SMILES string of the molecule is CC(C)CCN(C)c1cc(N(C)CCC#N)ncn1. The van der Waals surface area contributed by atoms with Crippen LogP contribution in [0.15, 0.2) is 12.4 Å². The second-order valence-electron chi connectivity index (χ2n) is 5.17. The van der Waals surface area contributed by atoms with Crippen molar-refractivity contribution in [2.75, 3.05) is 37.0 Å². The van der Waals surface area contributed by atoms with Gasteiger partial charge in [-0.3, -0.25) is 0 Å². The summed E-state index contributed by atoms with van der Waals surface area (Å²) in [7, 11) is 3.99. The molecule has 0 radical (unpaired) electrons. The molecule has 104 valence electrons. The Hall–Kier alpha value is -1.83. The van der Waals surface area contributed by atoms with Crippen molar-refractivity contribution in [3.05, 3.63) is 12.4 Å². The van der Waals surface area contributed by atoms with Crippen molar-refractivity contribution in [3.8, 4) is 6.07 Å². The Morgan fingerprint density at radius 3 is 2.26 bits per heavy atom. The van der Waals surface area contributed by atoms with Crippen LogP contribution < -0.4 is 9.80 Å². The highest BCUT2D eigenvalue weighted by atomic mass is 15.2. The molecule has 1 aromatic rings. The summed E-state index contributed by atoms with van der Waals surface area (Å²) in [5.74, 6) is 2.47. The van der Waals surface area contributed by atoms with Crippen LogP contribution in [0.2, 0.25) is 0 Å². The number of hydrogen-bond acceptors (Lipinski definition) is 5. The molecule has 1 heterocycles. The highest BCUT2D eigenvalue weighted by Gasteiger charge is 2.08. The number of hydrogen-bond donors (Lipinski definition) is 0. The van der Waals surface area contributed by atoms with E-state index in [9.17, 15) is 0 Å². The minimum atomic E-state index is 0.499. The van der Waals surface area contributed by atoms with Crippen LogP contribution in [0, 0.1) is 17.2 Å². The molecule has 0 saturated carbocycles. The molecule has 0 fully saturated rings. The van der Waals surface area contributed by atoms with E-state index < -0.39 is 0 Å². The molecule has 1 aromatic heterocycles. The van der Waals surface area contributed by atoms with E-state index in [2.05, 4.69) is 34.8 Å². The maximum Gasteiger partial charge on any atom is 0.133 e. The summed E-state index contributed by atoms with van der Waals surface area (Å²) in [6.45, 7) is 6.10. The second kappa shape index (κ2) is 7.57. The number of aromatic nitrogens is 2. The van der Waals surface area contributed by atoms with E-state index in [0.717, 1.165) is 24.6 Å². The summed E-state index contributed by atoms with van der Waals surface area (Å²) < 4.78 is 0. The van der Waals surface area contributed by atoms with Crippen molar-refractivity contribution in [2.24, 2.45) is 5.92 Å². The molecule has 0 aliphatic rings. The predicted octanol–water partition coefficient (Wildman–Crippen LogP) is 2.31. The third kappa shape index (κ3) is 5.12. The average molecular weight is 261 g/mol. The summed E-state index contributed by atoms with van der Waals surface area (Å²) >= 11 is 0. The van der Waals surface area contributed by atoms with Gasteiger partial charge in [-0.05, 0) is 12.3 Å². The first-order valence-electron chi connectivity index (χ1n) is 6.66. The first-order chi connectivity index (χ1) is 9.04. The van der Waals surface area contributed by atoms with Crippen LogP contribution in [0.1, 0.15) is 26.7 Å². The lowest BCUT2D eigenvalue weighted by atomic mass is 10.1. The fourth-order valence-corrected chi connectivity index (χ4v) is 1.65. The van der Waals surface area contributed by atoms with Gasteiger partial charge in [0.15, 0.2) is 0 Å². The van der Waals surface area contributed by atoms with Gasteiger partial charge in [-0.2, -0.15) is 5.26 Å². The maximum absolute atomic E-state index is 8.61. The van der Waals surface area contributed by atoms with Crippen molar-refractivity contribution in [2.45, 2.75) is 26.7 Å². The Balaban J connectivity index is 2.68. The van der Waals surface area contributed by atoms with Crippen LogP contribution in [0.4, 0.5) is 11.6 Å². The molecule has 0 unspecified atom stereocenters. The van der Waals surface area contributed by atoms with E-state index >= 15 is 0 Å². The van der Waals surface area contributed by atoms with Gasteiger partial charge in [0.05, 0.1) is 12.5 Å². The Morgan fingerprint density at radius 1 is 1.16 bits per heavy atom. The fraction of sp³-hybridized carbons (Fsp3) is 0.643. The first kappa shape index (κ1) is 15.2. The lowest BCUT2D eigenvalue weighted by Gasteiger charge is -2.22. The van der Waals surface area contributed by atoms with Gasteiger partial charge < -0.3 is 9.80 Å². The third-order valence-corrected chi connectivity index (χ3v) is 3.02. The van der Waals surface area contributed by atoms with Gasteiger partial charge in [-0.25, -0.2) is 9.97 Å². The minimum Gasteiger partial charge on any atom is -0.360 e. The number of anilines is 2. The van der Waals surface area contributed by atoms with Crippen LogP contribution in [-0.2, 0) is 0 Å². The summed E-state index contributed by atoms with van der Waals surface area (Å²) in [6, 6.07) is 4.11. The van der Waals surface area contributed by atoms with Crippen molar-refractivity contribution in [1.82, 2.24) is 9.97 Å². The quantitative estimate of drug-likeness (QED) is 0.754. The van der Waals surface area contributed by atoms with E-state index in [0.29, 0.717) is 18.9 Å². The van der Waals surface area contributed by atoms with Crippen LogP contribution in [0.3, 0.4) is 0 Å². The molecule has 0 N–H and O–H groups in total. The highest BCUT2D eigenvalue weighted by Crippen LogP contribution is 2.16. The van der Waals surface area contributed by atoms with Gasteiger partial charge in [0.2, 0.25) is 0 Å². The first-order valence-corrected chi connectivity index (χ1v) is 6.66. The lowest BCUT2D eigenvalue weighted by molar-refractivity contribution is 0.583. The molecule has 0 spiro atoms. The molecule has 5 nitrogen and oxygen atoms in total. The monoisotopic (exact) mass is 261 g/mol. The topological polar surface area (TPSA) is 56.0 Å². The van der Waals surface area contributed by atoms with Crippen molar-refractivity contribution < 1.29 is 0 Å². The second-order valence-corrected chi connectivity index (χ2v) is 5.17. The molecule has 0 aliphatic carbocycles. The summed E-state index contributed by atoms with van der Waals surface area (Å²) in [6.07, 6.45) is 3.22. The molecule has 0 saturated heterocycles. The van der Waals surface area contributed by atoms with Crippen molar-refractivity contribution in [1.29, 1.82) is 5.26 Å². The normalized spacial score (nSPS) is 10.3. The van der Waals surface area contributed by atoms with E-state index in [1.165, 1.54) is 0 Å². The van der Waals surface area contributed by atoms with Crippen LogP contribution in [-0.4, -0.2) is 37.2 Å². The highest BCUT2D eigenvalue weighted by molar-refractivity contribution is 5.49. The zero-order valence-electron chi connectivity index (χ0n) is 12.3. The molecule has 1 rings (SSSR count). The van der Waals surface area contributed by atoms with Crippen LogP contribution in [0.25, 0.3) is 0 Å². The Morgan fingerprint density at radius 2 is 1.74 bits per heavy atom.